The predicted octanol–water partition coefficient (Wildman–Crippen LogP) is 4.26. The molecule has 21 heavy (non-hydrogen) atoms. The maximum absolute atomic E-state index is 12.0. The molecule has 0 unspecified atom stereocenters. The summed E-state index contributed by atoms with van der Waals surface area (Å²) in [5.74, 6) is 0.952. The lowest BCUT2D eigenvalue weighted by Crippen LogP contribution is -2.08. The fraction of sp³-hybridized carbons (Fsp3) is 0.278. The van der Waals surface area contributed by atoms with Crippen molar-refractivity contribution in [2.24, 2.45) is 0 Å². The molecule has 0 fully saturated rings. The van der Waals surface area contributed by atoms with Gasteiger partial charge in [-0.05, 0) is 55.3 Å². The van der Waals surface area contributed by atoms with Crippen molar-refractivity contribution in [3.8, 4) is 11.5 Å². The molecule has 0 saturated heterocycles. The Bertz CT molecular complexity index is 570. The van der Waals surface area contributed by atoms with Crippen molar-refractivity contribution < 1.29 is 14.3 Å². The third-order valence-electron chi connectivity index (χ3n) is 3.07. The number of ether oxygens (including phenoxy) is 2. The average Bonchev–Trinajstić information content (AvgIpc) is 2.50. The molecule has 0 N–H and O–H groups in total. The van der Waals surface area contributed by atoms with Crippen LogP contribution in [0.4, 0.5) is 0 Å². The maximum Gasteiger partial charge on any atom is 0.343 e. The van der Waals surface area contributed by atoms with Crippen LogP contribution in [0.15, 0.2) is 48.5 Å². The molecule has 3 heteroatoms. The molecule has 3 nitrogen and oxygen atoms in total. The Kier molecular flexibility index (Phi) is 5.38. The molecule has 0 radical (unpaired) electrons. The molecule has 110 valence electrons. The second-order valence-electron chi connectivity index (χ2n) is 4.74. The van der Waals surface area contributed by atoms with Crippen LogP contribution in [0.25, 0.3) is 0 Å². The minimum Gasteiger partial charge on any atom is -0.494 e. The van der Waals surface area contributed by atoms with E-state index in [-0.39, 0.29) is 5.97 Å². The number of esters is 1. The first-order valence-corrected chi connectivity index (χ1v) is 7.27. The van der Waals surface area contributed by atoms with E-state index in [1.165, 1.54) is 5.56 Å². The van der Waals surface area contributed by atoms with Crippen molar-refractivity contribution in [2.75, 3.05) is 6.61 Å². The Morgan fingerprint density at radius 1 is 0.905 bits per heavy atom. The molecule has 2 aromatic carbocycles. The Morgan fingerprint density at radius 2 is 1.52 bits per heavy atom. The molecular weight excluding hydrogens is 264 g/mol. The molecule has 0 atom stereocenters. The van der Waals surface area contributed by atoms with Gasteiger partial charge in [0.25, 0.3) is 0 Å². The Morgan fingerprint density at radius 3 is 2.10 bits per heavy atom. The zero-order chi connectivity index (χ0) is 15.1. The first-order chi connectivity index (χ1) is 10.2. The van der Waals surface area contributed by atoms with Gasteiger partial charge in [0.2, 0.25) is 0 Å². The molecule has 0 bridgehead atoms. The predicted molar refractivity (Wildman–Crippen MR) is 83.0 cm³/mol. The molecule has 0 aliphatic carbocycles. The molecule has 0 spiro atoms. The number of hydrogen-bond donors (Lipinski definition) is 0. The molecule has 0 aliphatic heterocycles. The third-order valence-corrected chi connectivity index (χ3v) is 3.07. The minimum atomic E-state index is -0.360. The van der Waals surface area contributed by atoms with E-state index in [1.54, 1.807) is 24.3 Å². The Labute approximate surface area is 125 Å². The second-order valence-corrected chi connectivity index (χ2v) is 4.74. The van der Waals surface area contributed by atoms with Crippen molar-refractivity contribution in [1.82, 2.24) is 0 Å². The number of carbonyl (C=O) groups excluding carboxylic acids is 1. The summed E-state index contributed by atoms with van der Waals surface area (Å²) in [6.45, 7) is 4.66. The third kappa shape index (κ3) is 4.35. The summed E-state index contributed by atoms with van der Waals surface area (Å²) >= 11 is 0. The largest absolute Gasteiger partial charge is 0.494 e. The summed E-state index contributed by atoms with van der Waals surface area (Å²) in [5, 5.41) is 0. The summed E-state index contributed by atoms with van der Waals surface area (Å²) in [6.07, 6.45) is 2.14. The summed E-state index contributed by atoms with van der Waals surface area (Å²) in [4.78, 5) is 12.0. The molecular formula is C18H20O3. The van der Waals surface area contributed by atoms with Gasteiger partial charge < -0.3 is 9.47 Å². The van der Waals surface area contributed by atoms with Gasteiger partial charge in [-0.25, -0.2) is 4.79 Å². The van der Waals surface area contributed by atoms with E-state index in [1.807, 2.05) is 31.2 Å². The zero-order valence-corrected chi connectivity index (χ0v) is 12.5. The summed E-state index contributed by atoms with van der Waals surface area (Å²) in [7, 11) is 0. The normalized spacial score (nSPS) is 10.2. The highest BCUT2D eigenvalue weighted by atomic mass is 16.5. The molecule has 2 aromatic rings. The topological polar surface area (TPSA) is 35.5 Å². The van der Waals surface area contributed by atoms with Gasteiger partial charge in [0, 0.05) is 0 Å². The van der Waals surface area contributed by atoms with Crippen LogP contribution in [-0.4, -0.2) is 12.6 Å². The van der Waals surface area contributed by atoms with E-state index in [4.69, 9.17) is 9.47 Å². The van der Waals surface area contributed by atoms with E-state index < -0.39 is 0 Å². The average molecular weight is 284 g/mol. The van der Waals surface area contributed by atoms with Crippen LogP contribution in [0.1, 0.15) is 36.2 Å². The molecule has 0 saturated carbocycles. The Balaban J connectivity index is 2.00. The van der Waals surface area contributed by atoms with Crippen molar-refractivity contribution in [3.63, 3.8) is 0 Å². The standard InChI is InChI=1S/C18H20O3/c1-3-5-14-6-10-17(11-7-14)21-18(19)15-8-12-16(13-9-15)20-4-2/h6-13H,3-5H2,1-2H3. The van der Waals surface area contributed by atoms with Crippen molar-refractivity contribution in [3.05, 3.63) is 59.7 Å². The van der Waals surface area contributed by atoms with Crippen LogP contribution in [0.3, 0.4) is 0 Å². The number of carbonyl (C=O) groups is 1. The number of hydrogen-bond acceptors (Lipinski definition) is 3. The smallest absolute Gasteiger partial charge is 0.343 e. The van der Waals surface area contributed by atoms with Crippen molar-refractivity contribution in [1.29, 1.82) is 0 Å². The van der Waals surface area contributed by atoms with Gasteiger partial charge in [-0.3, -0.25) is 0 Å². The lowest BCUT2D eigenvalue weighted by molar-refractivity contribution is 0.0734. The van der Waals surface area contributed by atoms with E-state index in [2.05, 4.69) is 6.92 Å². The van der Waals surface area contributed by atoms with Gasteiger partial charge in [-0.1, -0.05) is 25.5 Å². The van der Waals surface area contributed by atoms with Crippen LogP contribution in [0, 0.1) is 0 Å². The second kappa shape index (κ2) is 7.48. The fourth-order valence-corrected chi connectivity index (χ4v) is 2.03. The van der Waals surface area contributed by atoms with Crippen LogP contribution >= 0.6 is 0 Å². The van der Waals surface area contributed by atoms with Gasteiger partial charge in [0.05, 0.1) is 12.2 Å². The number of aryl methyl sites for hydroxylation is 1. The molecule has 2 rings (SSSR count). The minimum absolute atomic E-state index is 0.360. The molecule has 0 aromatic heterocycles. The molecule has 0 heterocycles. The van der Waals surface area contributed by atoms with Crippen LogP contribution in [-0.2, 0) is 6.42 Å². The SMILES string of the molecule is CCCc1ccc(OC(=O)c2ccc(OCC)cc2)cc1. The fourth-order valence-electron chi connectivity index (χ4n) is 2.03. The highest BCUT2D eigenvalue weighted by Gasteiger charge is 2.08. The molecule has 0 aliphatic rings. The van der Waals surface area contributed by atoms with Gasteiger partial charge in [-0.15, -0.1) is 0 Å². The molecule has 0 amide bonds. The highest BCUT2D eigenvalue weighted by Crippen LogP contribution is 2.17. The maximum atomic E-state index is 12.0. The van der Waals surface area contributed by atoms with Crippen molar-refractivity contribution in [2.45, 2.75) is 26.7 Å². The van der Waals surface area contributed by atoms with Crippen LogP contribution in [0.2, 0.25) is 0 Å². The van der Waals surface area contributed by atoms with Crippen LogP contribution in [0.5, 0.6) is 11.5 Å². The van der Waals surface area contributed by atoms with Gasteiger partial charge in [0.1, 0.15) is 11.5 Å². The summed E-state index contributed by atoms with van der Waals surface area (Å²) < 4.78 is 10.7. The first kappa shape index (κ1) is 15.1. The van der Waals surface area contributed by atoms with E-state index in [9.17, 15) is 4.79 Å². The van der Waals surface area contributed by atoms with E-state index in [0.717, 1.165) is 18.6 Å². The summed E-state index contributed by atoms with van der Waals surface area (Å²) in [6, 6.07) is 14.6. The zero-order valence-electron chi connectivity index (χ0n) is 12.5. The number of benzene rings is 2. The highest BCUT2D eigenvalue weighted by molar-refractivity contribution is 5.91. The first-order valence-electron chi connectivity index (χ1n) is 7.27. The Hall–Kier alpha value is -2.29. The van der Waals surface area contributed by atoms with Gasteiger partial charge in [0.15, 0.2) is 0 Å². The number of rotatable bonds is 6. The lowest BCUT2D eigenvalue weighted by atomic mass is 10.1. The van der Waals surface area contributed by atoms with Gasteiger partial charge in [-0.2, -0.15) is 0 Å². The van der Waals surface area contributed by atoms with E-state index >= 15 is 0 Å². The monoisotopic (exact) mass is 284 g/mol. The summed E-state index contributed by atoms with van der Waals surface area (Å²) in [5.41, 5.74) is 1.76. The van der Waals surface area contributed by atoms with Crippen molar-refractivity contribution >= 4 is 5.97 Å². The quantitative estimate of drug-likeness (QED) is 0.587. The van der Waals surface area contributed by atoms with Gasteiger partial charge >= 0.3 is 5.97 Å². The van der Waals surface area contributed by atoms with Crippen LogP contribution < -0.4 is 9.47 Å². The lowest BCUT2D eigenvalue weighted by Gasteiger charge is -2.07. The van der Waals surface area contributed by atoms with E-state index in [0.29, 0.717) is 17.9 Å².